The average Bonchev–Trinajstić information content (AvgIpc) is 2.27. The molecule has 0 heterocycles. The van der Waals surface area contributed by atoms with Crippen molar-refractivity contribution in [2.24, 2.45) is 0 Å². The van der Waals surface area contributed by atoms with Crippen LogP contribution in [0.25, 0.3) is 0 Å². The van der Waals surface area contributed by atoms with Crippen LogP contribution in [-0.4, -0.2) is 13.0 Å². The summed E-state index contributed by atoms with van der Waals surface area (Å²) in [7, 11) is 1.60. The molecule has 0 aliphatic rings. The van der Waals surface area contributed by atoms with Gasteiger partial charge in [-0.25, -0.2) is 0 Å². The summed E-state index contributed by atoms with van der Waals surface area (Å²) in [5.41, 5.74) is 0. The Hall–Kier alpha value is -0.530. The van der Waals surface area contributed by atoms with Gasteiger partial charge in [-0.2, -0.15) is 0 Å². The Balaban J connectivity index is -0.0000000263. The van der Waals surface area contributed by atoms with E-state index in [1.807, 2.05) is 41.5 Å². The van der Waals surface area contributed by atoms with Crippen LogP contribution in [-0.2, 0) is 4.79 Å². The van der Waals surface area contributed by atoms with Gasteiger partial charge in [0, 0.05) is 14.0 Å². The standard InChI is InChI=1S/C3H7NO.C3H8.3C2H6/c1-3(5)4-2;1-3-2;3*1-2/h1-2H3,(H,4,5);3H2,1-2H3;3*1-2H3. The molecule has 0 saturated carbocycles. The van der Waals surface area contributed by atoms with Crippen LogP contribution in [0.1, 0.15) is 68.7 Å². The molecule has 0 aliphatic heterocycles. The molecule has 0 aromatic heterocycles. The minimum Gasteiger partial charge on any atom is -0.359 e. The first kappa shape index (κ1) is 29.2. The lowest BCUT2D eigenvalue weighted by Gasteiger charge is -1.80. The van der Waals surface area contributed by atoms with E-state index in [0.717, 1.165) is 0 Å². The summed E-state index contributed by atoms with van der Waals surface area (Å²) in [6.45, 7) is 17.7. The number of nitrogens with one attached hydrogen (secondary N) is 1. The largest absolute Gasteiger partial charge is 0.359 e. The van der Waals surface area contributed by atoms with E-state index in [4.69, 9.17) is 0 Å². The fraction of sp³-hybridized carbons (Fsp3) is 0.917. The second-order valence-electron chi connectivity index (χ2n) is 1.51. The van der Waals surface area contributed by atoms with Gasteiger partial charge in [-0.1, -0.05) is 61.8 Å². The van der Waals surface area contributed by atoms with Crippen molar-refractivity contribution in [3.8, 4) is 0 Å². The van der Waals surface area contributed by atoms with Crippen LogP contribution in [0.5, 0.6) is 0 Å². The normalized spacial score (nSPS) is 5.00. The molecule has 0 unspecified atom stereocenters. The summed E-state index contributed by atoms with van der Waals surface area (Å²) in [4.78, 5) is 9.70. The maximum Gasteiger partial charge on any atom is 0.216 e. The lowest BCUT2D eigenvalue weighted by Crippen LogP contribution is -2.11. The van der Waals surface area contributed by atoms with Gasteiger partial charge in [0.05, 0.1) is 0 Å². The van der Waals surface area contributed by atoms with Crippen molar-refractivity contribution in [3.05, 3.63) is 0 Å². The molecule has 0 rings (SSSR count). The molecule has 0 spiro atoms. The lowest BCUT2D eigenvalue weighted by molar-refractivity contribution is -0.118. The third-order valence-electron chi connectivity index (χ3n) is 0.352. The molecule has 0 radical (unpaired) electrons. The molecule has 1 amide bonds. The highest BCUT2D eigenvalue weighted by atomic mass is 16.1. The minimum atomic E-state index is 0.00463. The Labute approximate surface area is 92.5 Å². The smallest absolute Gasteiger partial charge is 0.216 e. The number of rotatable bonds is 0. The number of carbonyl (C=O) groups excluding carboxylic acids is 1. The van der Waals surface area contributed by atoms with Crippen molar-refractivity contribution in [3.63, 3.8) is 0 Å². The maximum atomic E-state index is 9.70. The van der Waals surface area contributed by atoms with Crippen LogP contribution >= 0.6 is 0 Å². The van der Waals surface area contributed by atoms with E-state index in [2.05, 4.69) is 19.2 Å². The summed E-state index contributed by atoms with van der Waals surface area (Å²) in [5, 5.41) is 2.39. The van der Waals surface area contributed by atoms with Crippen LogP contribution in [0.4, 0.5) is 0 Å². The van der Waals surface area contributed by atoms with E-state index < -0.39 is 0 Å². The fourth-order valence-electron chi connectivity index (χ4n) is 0. The second kappa shape index (κ2) is 82.1. The molecule has 0 fully saturated rings. The SMILES string of the molecule is CC.CC.CC.CCC.CNC(C)=O. The maximum absolute atomic E-state index is 9.70. The number of hydrogen-bond donors (Lipinski definition) is 1. The number of carbonyl (C=O) groups is 1. The fourth-order valence-corrected chi connectivity index (χ4v) is 0. The van der Waals surface area contributed by atoms with Gasteiger partial charge >= 0.3 is 0 Å². The third kappa shape index (κ3) is 582. The Bertz CT molecular complexity index is 54.3. The predicted octanol–water partition coefficient (Wildman–Crippen LogP) is 4.25. The van der Waals surface area contributed by atoms with Gasteiger partial charge in [-0.05, 0) is 0 Å². The van der Waals surface area contributed by atoms with Crippen LogP contribution in [0.2, 0.25) is 0 Å². The highest BCUT2D eigenvalue weighted by molar-refractivity contribution is 5.72. The topological polar surface area (TPSA) is 29.1 Å². The molecule has 92 valence electrons. The lowest BCUT2D eigenvalue weighted by atomic mass is 10.6. The van der Waals surface area contributed by atoms with E-state index in [1.54, 1.807) is 7.05 Å². The summed E-state index contributed by atoms with van der Waals surface area (Å²) < 4.78 is 0. The quantitative estimate of drug-likeness (QED) is 0.632. The van der Waals surface area contributed by atoms with E-state index >= 15 is 0 Å². The summed E-state index contributed by atoms with van der Waals surface area (Å²) >= 11 is 0. The molecule has 2 nitrogen and oxygen atoms in total. The Morgan fingerprint density at radius 2 is 1.00 bits per heavy atom. The number of amides is 1. The van der Waals surface area contributed by atoms with Gasteiger partial charge in [-0.15, -0.1) is 0 Å². The van der Waals surface area contributed by atoms with Gasteiger partial charge in [0.25, 0.3) is 0 Å². The molecule has 2 heteroatoms. The molecular formula is C12H33NO. The molecular weight excluding hydrogens is 174 g/mol. The van der Waals surface area contributed by atoms with Crippen molar-refractivity contribution in [2.75, 3.05) is 7.05 Å². The van der Waals surface area contributed by atoms with Crippen molar-refractivity contribution in [1.29, 1.82) is 0 Å². The van der Waals surface area contributed by atoms with Crippen LogP contribution in [0.15, 0.2) is 0 Å². The zero-order valence-corrected chi connectivity index (χ0v) is 12.1. The zero-order valence-electron chi connectivity index (χ0n) is 12.1. The summed E-state index contributed by atoms with van der Waals surface area (Å²) in [6, 6.07) is 0. The molecule has 0 saturated heterocycles. The van der Waals surface area contributed by atoms with E-state index in [-0.39, 0.29) is 5.91 Å². The molecule has 0 bridgehead atoms. The summed E-state index contributed by atoms with van der Waals surface area (Å²) in [6.07, 6.45) is 1.25. The summed E-state index contributed by atoms with van der Waals surface area (Å²) in [5.74, 6) is 0.00463. The molecule has 0 aromatic rings. The molecule has 14 heavy (non-hydrogen) atoms. The Morgan fingerprint density at radius 1 is 0.929 bits per heavy atom. The van der Waals surface area contributed by atoms with Crippen molar-refractivity contribution < 1.29 is 4.79 Å². The van der Waals surface area contributed by atoms with E-state index in [9.17, 15) is 4.79 Å². The highest BCUT2D eigenvalue weighted by Gasteiger charge is 1.72. The third-order valence-corrected chi connectivity index (χ3v) is 0.352. The first-order valence-electron chi connectivity index (χ1n) is 5.87. The zero-order chi connectivity index (χ0) is 13.0. The van der Waals surface area contributed by atoms with Crippen LogP contribution in [0, 0.1) is 0 Å². The van der Waals surface area contributed by atoms with Crippen molar-refractivity contribution in [2.45, 2.75) is 68.7 Å². The molecule has 0 atom stereocenters. The van der Waals surface area contributed by atoms with Gasteiger partial charge in [0.1, 0.15) is 0 Å². The first-order valence-corrected chi connectivity index (χ1v) is 5.87. The van der Waals surface area contributed by atoms with Gasteiger partial charge in [0.2, 0.25) is 5.91 Å². The first-order chi connectivity index (χ1) is 6.68. The van der Waals surface area contributed by atoms with E-state index in [1.165, 1.54) is 13.3 Å². The van der Waals surface area contributed by atoms with Crippen molar-refractivity contribution >= 4 is 5.91 Å². The monoisotopic (exact) mass is 207 g/mol. The Kier molecular flexibility index (Phi) is 171. The van der Waals surface area contributed by atoms with Gasteiger partial charge in [0.15, 0.2) is 0 Å². The predicted molar refractivity (Wildman–Crippen MR) is 69.7 cm³/mol. The second-order valence-corrected chi connectivity index (χ2v) is 1.51. The van der Waals surface area contributed by atoms with Gasteiger partial charge < -0.3 is 5.32 Å². The van der Waals surface area contributed by atoms with Crippen LogP contribution in [0.3, 0.4) is 0 Å². The van der Waals surface area contributed by atoms with Gasteiger partial charge in [-0.3, -0.25) is 4.79 Å². The molecule has 0 aromatic carbocycles. The minimum absolute atomic E-state index is 0.00463. The molecule has 1 N–H and O–H groups in total. The van der Waals surface area contributed by atoms with Crippen molar-refractivity contribution in [1.82, 2.24) is 5.32 Å². The highest BCUT2D eigenvalue weighted by Crippen LogP contribution is 1.56. The molecule has 0 aliphatic carbocycles. The number of hydrogen-bond acceptors (Lipinski definition) is 1. The van der Waals surface area contributed by atoms with E-state index in [0.29, 0.717) is 0 Å². The Morgan fingerprint density at radius 3 is 1.00 bits per heavy atom. The van der Waals surface area contributed by atoms with Crippen LogP contribution < -0.4 is 5.32 Å². The average molecular weight is 207 g/mol.